The Morgan fingerprint density at radius 3 is 2.48 bits per heavy atom. The summed E-state index contributed by atoms with van der Waals surface area (Å²) in [5.41, 5.74) is 2.89. The lowest BCUT2D eigenvalue weighted by Crippen LogP contribution is -2.02. The molecular weight excluding hydrogens is 414 g/mol. The van der Waals surface area contributed by atoms with Crippen LogP contribution in [0.25, 0.3) is 22.4 Å². The number of ether oxygens (including phenoxy) is 2. The number of carboxylic acids is 1. The van der Waals surface area contributed by atoms with E-state index in [9.17, 15) is 15.2 Å². The van der Waals surface area contributed by atoms with Gasteiger partial charge < -0.3 is 14.6 Å². The maximum atomic E-state index is 11.3. The van der Waals surface area contributed by atoms with E-state index in [-0.39, 0.29) is 12.2 Å². The summed E-state index contributed by atoms with van der Waals surface area (Å²) in [5, 5.41) is 21.3. The molecule has 0 fully saturated rings. The van der Waals surface area contributed by atoms with Crippen LogP contribution in [0.3, 0.4) is 0 Å². The zero-order valence-electron chi connectivity index (χ0n) is 18.0. The Labute approximate surface area is 191 Å². The highest BCUT2D eigenvalue weighted by atomic mass is 16.5. The molecule has 4 aromatic rings. The highest BCUT2D eigenvalue weighted by Crippen LogP contribution is 2.34. The van der Waals surface area contributed by atoms with Crippen LogP contribution in [0.5, 0.6) is 11.5 Å². The Kier molecular flexibility index (Phi) is 6.38. The second-order valence-electron chi connectivity index (χ2n) is 7.40. The predicted molar refractivity (Wildman–Crippen MR) is 128 cm³/mol. The lowest BCUT2D eigenvalue weighted by molar-refractivity contribution is 0.0696. The molecule has 0 aliphatic carbocycles. The molecule has 0 bridgehead atoms. The first-order valence-electron chi connectivity index (χ1n) is 10.3. The maximum absolute atomic E-state index is 11.3. The van der Waals surface area contributed by atoms with Gasteiger partial charge in [0, 0.05) is 5.56 Å². The van der Waals surface area contributed by atoms with Crippen LogP contribution in [-0.2, 0) is 6.61 Å². The van der Waals surface area contributed by atoms with Crippen molar-refractivity contribution in [3.05, 3.63) is 107 Å². The van der Waals surface area contributed by atoms with E-state index in [0.717, 1.165) is 16.3 Å². The highest BCUT2D eigenvalue weighted by Gasteiger charge is 2.12. The van der Waals surface area contributed by atoms with Gasteiger partial charge in [-0.15, -0.1) is 0 Å². The Balaban J connectivity index is 1.69. The lowest BCUT2D eigenvalue weighted by atomic mass is 10.00. The summed E-state index contributed by atoms with van der Waals surface area (Å²) in [6.07, 6.45) is 1.77. The molecule has 4 aromatic carbocycles. The summed E-state index contributed by atoms with van der Waals surface area (Å²) >= 11 is 0. The molecule has 33 heavy (non-hydrogen) atoms. The minimum absolute atomic E-state index is 0.153. The maximum Gasteiger partial charge on any atom is 0.335 e. The predicted octanol–water partition coefficient (Wildman–Crippen LogP) is 6.19. The van der Waals surface area contributed by atoms with E-state index >= 15 is 0 Å². The number of methoxy groups -OCH3 is 1. The molecule has 0 atom stereocenters. The molecule has 0 amide bonds. The first-order valence-corrected chi connectivity index (χ1v) is 10.3. The Morgan fingerprint density at radius 1 is 0.939 bits per heavy atom. The summed E-state index contributed by atoms with van der Waals surface area (Å²) < 4.78 is 11.5. The lowest BCUT2D eigenvalue weighted by Gasteiger charge is -2.14. The third-order valence-corrected chi connectivity index (χ3v) is 5.27. The fourth-order valence-corrected chi connectivity index (χ4v) is 3.60. The van der Waals surface area contributed by atoms with Crippen molar-refractivity contribution in [2.75, 3.05) is 7.11 Å². The quantitative estimate of drug-likeness (QED) is 0.277. The summed E-state index contributed by atoms with van der Waals surface area (Å²) in [6, 6.07) is 28.2. The van der Waals surface area contributed by atoms with Gasteiger partial charge in [-0.25, -0.2) is 4.79 Å². The number of hydrogen-bond donors (Lipinski definition) is 1. The van der Waals surface area contributed by atoms with Crippen LogP contribution in [0.4, 0.5) is 0 Å². The van der Waals surface area contributed by atoms with E-state index < -0.39 is 5.97 Å². The molecule has 0 heterocycles. The average molecular weight is 435 g/mol. The minimum atomic E-state index is -0.994. The summed E-state index contributed by atoms with van der Waals surface area (Å²) in [4.78, 5) is 11.3. The minimum Gasteiger partial charge on any atom is -0.493 e. The van der Waals surface area contributed by atoms with Crippen LogP contribution in [0.1, 0.15) is 27.0 Å². The van der Waals surface area contributed by atoms with Crippen LogP contribution in [-0.4, -0.2) is 18.2 Å². The van der Waals surface area contributed by atoms with Crippen molar-refractivity contribution in [3.63, 3.8) is 0 Å². The largest absolute Gasteiger partial charge is 0.493 e. The third kappa shape index (κ3) is 4.86. The smallest absolute Gasteiger partial charge is 0.335 e. The monoisotopic (exact) mass is 435 g/mol. The van der Waals surface area contributed by atoms with Crippen molar-refractivity contribution in [3.8, 4) is 17.6 Å². The highest BCUT2D eigenvalue weighted by molar-refractivity contribution is 5.95. The molecule has 4 rings (SSSR count). The van der Waals surface area contributed by atoms with Crippen molar-refractivity contribution in [2.24, 2.45) is 0 Å². The zero-order chi connectivity index (χ0) is 23.2. The normalized spacial score (nSPS) is 11.1. The van der Waals surface area contributed by atoms with E-state index in [1.807, 2.05) is 54.6 Å². The summed E-state index contributed by atoms with van der Waals surface area (Å²) in [5.74, 6) is 0.00928. The van der Waals surface area contributed by atoms with Gasteiger partial charge in [0.2, 0.25) is 0 Å². The van der Waals surface area contributed by atoms with E-state index in [1.165, 1.54) is 6.07 Å². The molecule has 0 unspecified atom stereocenters. The number of hydrogen-bond acceptors (Lipinski definition) is 4. The number of nitriles is 1. The number of aromatic carboxylic acids is 1. The van der Waals surface area contributed by atoms with Crippen molar-refractivity contribution in [1.29, 1.82) is 5.26 Å². The first-order chi connectivity index (χ1) is 16.1. The Morgan fingerprint density at radius 2 is 1.73 bits per heavy atom. The first kappa shape index (κ1) is 21.7. The Hall–Kier alpha value is -4.56. The van der Waals surface area contributed by atoms with Gasteiger partial charge >= 0.3 is 5.97 Å². The van der Waals surface area contributed by atoms with Gasteiger partial charge in [0.05, 0.1) is 24.3 Å². The fourth-order valence-electron chi connectivity index (χ4n) is 3.60. The molecule has 0 saturated carbocycles. The van der Waals surface area contributed by atoms with Gasteiger partial charge in [-0.3, -0.25) is 0 Å². The molecular formula is C28H21NO4. The van der Waals surface area contributed by atoms with E-state index in [0.29, 0.717) is 28.2 Å². The molecule has 0 radical (unpaired) electrons. The van der Waals surface area contributed by atoms with E-state index in [4.69, 9.17) is 9.47 Å². The van der Waals surface area contributed by atoms with Crippen LogP contribution >= 0.6 is 0 Å². The summed E-state index contributed by atoms with van der Waals surface area (Å²) in [6.45, 7) is 0.153. The average Bonchev–Trinajstić information content (AvgIpc) is 2.86. The van der Waals surface area contributed by atoms with Gasteiger partial charge in [0.25, 0.3) is 0 Å². The van der Waals surface area contributed by atoms with Crippen molar-refractivity contribution >= 4 is 28.4 Å². The molecule has 5 heteroatoms. The molecule has 0 spiro atoms. The Bertz CT molecular complexity index is 1400. The van der Waals surface area contributed by atoms with Gasteiger partial charge in [0.15, 0.2) is 11.5 Å². The van der Waals surface area contributed by atoms with E-state index in [2.05, 4.69) is 6.07 Å². The molecule has 0 aromatic heterocycles. The number of allylic oxidation sites excluding steroid dienone is 1. The van der Waals surface area contributed by atoms with Crippen LogP contribution in [0.2, 0.25) is 0 Å². The molecule has 0 aliphatic rings. The number of nitrogens with zero attached hydrogens (tertiary/aromatic N) is 1. The zero-order valence-corrected chi connectivity index (χ0v) is 18.0. The van der Waals surface area contributed by atoms with Crippen LogP contribution < -0.4 is 9.47 Å². The third-order valence-electron chi connectivity index (χ3n) is 5.27. The number of rotatable bonds is 7. The summed E-state index contributed by atoms with van der Waals surface area (Å²) in [7, 11) is 1.55. The SMILES string of the molecule is COc1cccc(/C=C(/C#N)c2ccc3ccccc3c2)c1OCc1cccc(C(=O)O)c1. The second-order valence-corrected chi connectivity index (χ2v) is 7.40. The van der Waals surface area contributed by atoms with Crippen molar-refractivity contribution in [1.82, 2.24) is 0 Å². The number of benzene rings is 4. The standard InChI is InChI=1S/C28H21NO4/c1-32-26-11-5-9-23(27(26)33-18-19-6-4-10-24(14-19)28(30)31)16-25(17-29)22-13-12-20-7-2-3-8-21(20)15-22/h2-16H,18H2,1H3,(H,30,31)/b25-16-. The number of carboxylic acid groups (broad SMARTS) is 1. The number of para-hydroxylation sites is 1. The van der Waals surface area contributed by atoms with Crippen LogP contribution in [0.15, 0.2) is 84.9 Å². The van der Waals surface area contributed by atoms with Gasteiger partial charge in [-0.05, 0) is 52.2 Å². The van der Waals surface area contributed by atoms with E-state index in [1.54, 1.807) is 37.5 Å². The number of fused-ring (bicyclic) bond motifs is 1. The molecule has 0 saturated heterocycles. The van der Waals surface area contributed by atoms with Gasteiger partial charge in [0.1, 0.15) is 6.61 Å². The molecule has 162 valence electrons. The van der Waals surface area contributed by atoms with Crippen molar-refractivity contribution < 1.29 is 19.4 Å². The molecule has 0 aliphatic heterocycles. The second kappa shape index (κ2) is 9.71. The molecule has 1 N–H and O–H groups in total. The topological polar surface area (TPSA) is 79.5 Å². The number of carbonyl (C=O) groups is 1. The van der Waals surface area contributed by atoms with Gasteiger partial charge in [-0.2, -0.15) is 5.26 Å². The van der Waals surface area contributed by atoms with Crippen molar-refractivity contribution in [2.45, 2.75) is 6.61 Å². The fraction of sp³-hybridized carbons (Fsp3) is 0.0714. The van der Waals surface area contributed by atoms with Crippen LogP contribution in [0, 0.1) is 11.3 Å². The molecule has 5 nitrogen and oxygen atoms in total. The van der Waals surface area contributed by atoms with Gasteiger partial charge in [-0.1, -0.05) is 60.7 Å².